The molecule has 0 amide bonds. The first-order valence-electron chi connectivity index (χ1n) is 6.66. The zero-order valence-electron chi connectivity index (χ0n) is 11.5. The van der Waals surface area contributed by atoms with Crippen LogP contribution in [0.4, 0.5) is 0 Å². The molecule has 3 heteroatoms. The van der Waals surface area contributed by atoms with E-state index in [2.05, 4.69) is 18.0 Å². The Labute approximate surface area is 128 Å². The van der Waals surface area contributed by atoms with E-state index in [-0.39, 0.29) is 5.75 Å². The first kappa shape index (κ1) is 13.7. The minimum Gasteiger partial charge on any atom is -0.508 e. The summed E-state index contributed by atoms with van der Waals surface area (Å²) in [4.78, 5) is 4.43. The van der Waals surface area contributed by atoms with E-state index in [9.17, 15) is 5.11 Å². The average molecular weight is 296 g/mol. The third-order valence-corrected chi connectivity index (χ3v) is 3.67. The molecule has 0 atom stereocenters. The number of aromatic hydroxyl groups is 1. The van der Waals surface area contributed by atoms with Crippen LogP contribution in [0.3, 0.4) is 0 Å². The van der Waals surface area contributed by atoms with Crippen molar-refractivity contribution in [2.24, 2.45) is 0 Å². The van der Waals surface area contributed by atoms with Gasteiger partial charge in [0.25, 0.3) is 0 Å². The van der Waals surface area contributed by atoms with Crippen molar-refractivity contribution < 1.29 is 5.11 Å². The highest BCUT2D eigenvalue weighted by molar-refractivity contribution is 6.33. The molecule has 0 aliphatic carbocycles. The van der Waals surface area contributed by atoms with Crippen molar-refractivity contribution in [3.8, 4) is 28.1 Å². The summed E-state index contributed by atoms with van der Waals surface area (Å²) in [7, 11) is 0. The van der Waals surface area contributed by atoms with Gasteiger partial charge in [0, 0.05) is 17.3 Å². The van der Waals surface area contributed by atoms with Crippen LogP contribution in [0.2, 0.25) is 5.02 Å². The lowest BCUT2D eigenvalue weighted by atomic mass is 9.95. The first-order valence-corrected chi connectivity index (χ1v) is 7.04. The van der Waals surface area contributed by atoms with E-state index < -0.39 is 0 Å². The first-order chi connectivity index (χ1) is 10.1. The van der Waals surface area contributed by atoms with Crippen LogP contribution in [-0.2, 0) is 0 Å². The van der Waals surface area contributed by atoms with Gasteiger partial charge in [-0.15, -0.1) is 0 Å². The van der Waals surface area contributed by atoms with E-state index in [0.717, 1.165) is 27.9 Å². The number of hydrogen-bond donors (Lipinski definition) is 1. The zero-order valence-corrected chi connectivity index (χ0v) is 12.3. The van der Waals surface area contributed by atoms with E-state index in [4.69, 9.17) is 11.6 Å². The summed E-state index contributed by atoms with van der Waals surface area (Å²) in [6, 6.07) is 17.0. The van der Waals surface area contributed by atoms with Crippen LogP contribution in [0.15, 0.2) is 60.8 Å². The Morgan fingerprint density at radius 2 is 1.71 bits per heavy atom. The molecule has 0 aliphatic heterocycles. The van der Waals surface area contributed by atoms with Gasteiger partial charge in [-0.1, -0.05) is 35.4 Å². The van der Waals surface area contributed by atoms with Crippen molar-refractivity contribution in [3.05, 3.63) is 71.4 Å². The van der Waals surface area contributed by atoms with Crippen LogP contribution in [0.5, 0.6) is 5.75 Å². The lowest BCUT2D eigenvalue weighted by Gasteiger charge is -2.12. The maximum absolute atomic E-state index is 9.52. The van der Waals surface area contributed by atoms with E-state index >= 15 is 0 Å². The van der Waals surface area contributed by atoms with Crippen LogP contribution < -0.4 is 0 Å². The van der Waals surface area contributed by atoms with Crippen LogP contribution in [-0.4, -0.2) is 10.1 Å². The second-order valence-electron chi connectivity index (χ2n) is 4.93. The lowest BCUT2D eigenvalue weighted by molar-refractivity contribution is 0.475. The summed E-state index contributed by atoms with van der Waals surface area (Å²) >= 11 is 6.28. The molecular weight excluding hydrogens is 282 g/mol. The molecule has 0 unspecified atom stereocenters. The Hall–Kier alpha value is -2.32. The van der Waals surface area contributed by atoms with Crippen molar-refractivity contribution in [1.82, 2.24) is 4.98 Å². The number of benzene rings is 2. The number of rotatable bonds is 2. The Bertz CT molecular complexity index is 784. The molecule has 104 valence electrons. The third kappa shape index (κ3) is 2.76. The predicted molar refractivity (Wildman–Crippen MR) is 86.5 cm³/mol. The van der Waals surface area contributed by atoms with E-state index in [1.54, 1.807) is 18.3 Å². The van der Waals surface area contributed by atoms with Crippen molar-refractivity contribution in [3.63, 3.8) is 0 Å². The van der Waals surface area contributed by atoms with Gasteiger partial charge in [-0.25, -0.2) is 0 Å². The fourth-order valence-electron chi connectivity index (χ4n) is 2.35. The minimum absolute atomic E-state index is 0.162. The molecule has 0 bridgehead atoms. The molecular formula is C18H14ClNO. The topological polar surface area (TPSA) is 33.1 Å². The van der Waals surface area contributed by atoms with Crippen molar-refractivity contribution in [2.45, 2.75) is 6.92 Å². The molecule has 1 heterocycles. The molecule has 3 aromatic rings. The maximum Gasteiger partial charge on any atom is 0.117 e. The minimum atomic E-state index is 0.162. The standard InChI is InChI=1S/C18H14ClNO/c1-12-5-7-14(15-8-6-13(21)11-17(15)19)16(10-12)18-4-2-3-9-20-18/h2-11,21H,1H3. The molecule has 3 rings (SSSR count). The molecule has 0 aliphatic rings. The van der Waals surface area contributed by atoms with Crippen molar-refractivity contribution >= 4 is 11.6 Å². The predicted octanol–water partition coefficient (Wildman–Crippen LogP) is 5.08. The Kier molecular flexibility index (Phi) is 3.63. The lowest BCUT2D eigenvalue weighted by Crippen LogP contribution is -1.89. The number of hydrogen-bond acceptors (Lipinski definition) is 2. The highest BCUT2D eigenvalue weighted by atomic mass is 35.5. The van der Waals surface area contributed by atoms with Gasteiger partial charge in [-0.3, -0.25) is 4.98 Å². The van der Waals surface area contributed by atoms with Crippen LogP contribution in [0.1, 0.15) is 5.56 Å². The second kappa shape index (κ2) is 5.58. The normalized spacial score (nSPS) is 10.6. The number of phenols is 1. The zero-order chi connectivity index (χ0) is 14.8. The highest BCUT2D eigenvalue weighted by Crippen LogP contribution is 2.37. The van der Waals surface area contributed by atoms with Crippen molar-refractivity contribution in [1.29, 1.82) is 0 Å². The number of pyridine rings is 1. The van der Waals surface area contributed by atoms with Gasteiger partial charge in [0.15, 0.2) is 0 Å². The smallest absolute Gasteiger partial charge is 0.117 e. The quantitative estimate of drug-likeness (QED) is 0.715. The number of nitrogens with zero attached hydrogens (tertiary/aromatic N) is 1. The number of aromatic nitrogens is 1. The average Bonchev–Trinajstić information content (AvgIpc) is 2.49. The van der Waals surface area contributed by atoms with E-state index in [0.29, 0.717) is 5.02 Å². The monoisotopic (exact) mass is 295 g/mol. The molecule has 1 aromatic heterocycles. The molecule has 2 aromatic carbocycles. The van der Waals surface area contributed by atoms with Crippen LogP contribution in [0.25, 0.3) is 22.4 Å². The van der Waals surface area contributed by atoms with Gasteiger partial charge >= 0.3 is 0 Å². The van der Waals surface area contributed by atoms with Gasteiger partial charge < -0.3 is 5.11 Å². The fourth-order valence-corrected chi connectivity index (χ4v) is 2.63. The molecule has 0 fully saturated rings. The Morgan fingerprint density at radius 3 is 2.43 bits per heavy atom. The van der Waals surface area contributed by atoms with E-state index in [1.807, 2.05) is 36.4 Å². The van der Waals surface area contributed by atoms with E-state index in [1.165, 1.54) is 0 Å². The fraction of sp³-hybridized carbons (Fsp3) is 0.0556. The summed E-state index contributed by atoms with van der Waals surface area (Å²) in [6.07, 6.45) is 1.78. The van der Waals surface area contributed by atoms with Gasteiger partial charge in [-0.05, 0) is 48.9 Å². The number of halogens is 1. The highest BCUT2D eigenvalue weighted by Gasteiger charge is 2.12. The SMILES string of the molecule is Cc1ccc(-c2ccc(O)cc2Cl)c(-c2ccccn2)c1. The maximum atomic E-state index is 9.52. The number of aryl methyl sites for hydroxylation is 1. The number of phenolic OH excluding ortho intramolecular Hbond substituents is 1. The van der Waals surface area contributed by atoms with Crippen LogP contribution >= 0.6 is 11.6 Å². The van der Waals surface area contributed by atoms with Gasteiger partial charge in [0.05, 0.1) is 10.7 Å². The molecule has 0 saturated heterocycles. The molecule has 0 radical (unpaired) electrons. The third-order valence-electron chi connectivity index (χ3n) is 3.36. The summed E-state index contributed by atoms with van der Waals surface area (Å²) in [5.74, 6) is 0.162. The van der Waals surface area contributed by atoms with Gasteiger partial charge in [-0.2, -0.15) is 0 Å². The molecule has 0 spiro atoms. The molecule has 21 heavy (non-hydrogen) atoms. The Balaban J connectivity index is 2.24. The summed E-state index contributed by atoms with van der Waals surface area (Å²) in [5.41, 5.74) is 4.98. The summed E-state index contributed by atoms with van der Waals surface area (Å²) < 4.78 is 0. The van der Waals surface area contributed by atoms with Gasteiger partial charge in [0.1, 0.15) is 5.75 Å². The largest absolute Gasteiger partial charge is 0.508 e. The molecule has 0 saturated carbocycles. The Morgan fingerprint density at radius 1 is 0.905 bits per heavy atom. The molecule has 1 N–H and O–H groups in total. The molecule has 2 nitrogen and oxygen atoms in total. The summed E-state index contributed by atoms with van der Waals surface area (Å²) in [5, 5.41) is 10.0. The van der Waals surface area contributed by atoms with Crippen LogP contribution in [0, 0.1) is 6.92 Å². The summed E-state index contributed by atoms with van der Waals surface area (Å²) in [6.45, 7) is 2.05. The van der Waals surface area contributed by atoms with Gasteiger partial charge in [0.2, 0.25) is 0 Å². The van der Waals surface area contributed by atoms with Crippen molar-refractivity contribution in [2.75, 3.05) is 0 Å². The second-order valence-corrected chi connectivity index (χ2v) is 5.34.